The number of carboxylic acid groups (broad SMARTS) is 1. The Morgan fingerprint density at radius 2 is 1.95 bits per heavy atom. The van der Waals surface area contributed by atoms with Gasteiger partial charge in [0.2, 0.25) is 0 Å². The van der Waals surface area contributed by atoms with E-state index < -0.39 is 12.0 Å². The van der Waals surface area contributed by atoms with Crippen molar-refractivity contribution in [1.29, 1.82) is 0 Å². The largest absolute Gasteiger partial charge is 0.497 e. The van der Waals surface area contributed by atoms with E-state index in [0.29, 0.717) is 6.42 Å². The zero-order chi connectivity index (χ0) is 14.5. The number of carbonyl (C=O) groups is 1. The molecule has 1 saturated heterocycles. The Kier molecular flexibility index (Phi) is 4.98. The van der Waals surface area contributed by atoms with Crippen LogP contribution in [0.15, 0.2) is 24.3 Å². The standard InChI is InChI=1S/C15H22N2O3/c1-20-12-6-4-11(5-7-12)14(10-13(16)15(18)19)17-8-2-3-9-17/h4-7,13-14H,2-3,8-10,16H2,1H3,(H,18,19)/t13-,14+/m0/s1. The summed E-state index contributed by atoms with van der Waals surface area (Å²) in [6, 6.07) is 7.04. The summed E-state index contributed by atoms with van der Waals surface area (Å²) < 4.78 is 5.16. The first-order valence-corrected chi connectivity index (χ1v) is 6.98. The number of benzene rings is 1. The summed E-state index contributed by atoms with van der Waals surface area (Å²) in [4.78, 5) is 13.3. The Labute approximate surface area is 119 Å². The molecule has 110 valence electrons. The van der Waals surface area contributed by atoms with Gasteiger partial charge in [0.15, 0.2) is 0 Å². The molecule has 20 heavy (non-hydrogen) atoms. The van der Waals surface area contributed by atoms with Crippen LogP contribution in [0.5, 0.6) is 5.75 Å². The number of hydrogen-bond acceptors (Lipinski definition) is 4. The first kappa shape index (κ1) is 14.8. The van der Waals surface area contributed by atoms with Crippen molar-refractivity contribution in [2.45, 2.75) is 31.3 Å². The molecule has 1 aliphatic heterocycles. The molecule has 2 atom stereocenters. The van der Waals surface area contributed by atoms with Gasteiger partial charge in [0.25, 0.3) is 0 Å². The molecule has 3 N–H and O–H groups in total. The van der Waals surface area contributed by atoms with Gasteiger partial charge in [-0.2, -0.15) is 0 Å². The van der Waals surface area contributed by atoms with Crippen LogP contribution in [0.2, 0.25) is 0 Å². The molecule has 1 aliphatic rings. The van der Waals surface area contributed by atoms with Crippen molar-refractivity contribution in [2.24, 2.45) is 5.73 Å². The summed E-state index contributed by atoms with van der Waals surface area (Å²) in [5.74, 6) is -0.140. The fourth-order valence-corrected chi connectivity index (χ4v) is 2.72. The third-order valence-corrected chi connectivity index (χ3v) is 3.88. The average molecular weight is 278 g/mol. The maximum Gasteiger partial charge on any atom is 0.320 e. The molecule has 0 bridgehead atoms. The lowest BCUT2D eigenvalue weighted by Gasteiger charge is -2.29. The van der Waals surface area contributed by atoms with Gasteiger partial charge in [-0.15, -0.1) is 0 Å². The Morgan fingerprint density at radius 3 is 2.45 bits per heavy atom. The maximum absolute atomic E-state index is 11.0. The Bertz CT molecular complexity index is 441. The quantitative estimate of drug-likeness (QED) is 0.827. The SMILES string of the molecule is COc1ccc([C@@H](C[C@H](N)C(=O)O)N2CCCC2)cc1. The van der Waals surface area contributed by atoms with E-state index in [2.05, 4.69) is 4.90 Å². The Morgan fingerprint density at radius 1 is 1.35 bits per heavy atom. The maximum atomic E-state index is 11.0. The van der Waals surface area contributed by atoms with E-state index in [9.17, 15) is 4.79 Å². The third kappa shape index (κ3) is 3.49. The second-order valence-electron chi connectivity index (χ2n) is 5.21. The molecule has 5 nitrogen and oxygen atoms in total. The summed E-state index contributed by atoms with van der Waals surface area (Å²) in [7, 11) is 1.63. The topological polar surface area (TPSA) is 75.8 Å². The fraction of sp³-hybridized carbons (Fsp3) is 0.533. The first-order chi connectivity index (χ1) is 9.61. The minimum Gasteiger partial charge on any atom is -0.497 e. The normalized spacial score (nSPS) is 18.7. The van der Waals surface area contributed by atoms with Crippen LogP contribution in [0.3, 0.4) is 0 Å². The highest BCUT2D eigenvalue weighted by molar-refractivity contribution is 5.73. The molecule has 1 fully saturated rings. The molecule has 0 unspecified atom stereocenters. The minimum atomic E-state index is -0.942. The van der Waals surface area contributed by atoms with Gasteiger partial charge < -0.3 is 15.6 Å². The van der Waals surface area contributed by atoms with Crippen LogP contribution in [0, 0.1) is 0 Å². The van der Waals surface area contributed by atoms with E-state index in [-0.39, 0.29) is 6.04 Å². The van der Waals surface area contributed by atoms with Gasteiger partial charge in [0, 0.05) is 6.04 Å². The number of nitrogens with two attached hydrogens (primary N) is 1. The molecule has 0 aliphatic carbocycles. The molecular weight excluding hydrogens is 256 g/mol. The number of carboxylic acids is 1. The van der Waals surface area contributed by atoms with Crippen LogP contribution in [0.4, 0.5) is 0 Å². The Hall–Kier alpha value is -1.59. The van der Waals surface area contributed by atoms with Crippen molar-refractivity contribution in [3.63, 3.8) is 0 Å². The van der Waals surface area contributed by atoms with Crippen molar-refractivity contribution < 1.29 is 14.6 Å². The monoisotopic (exact) mass is 278 g/mol. The van der Waals surface area contributed by atoms with Crippen molar-refractivity contribution in [3.05, 3.63) is 29.8 Å². The molecule has 0 radical (unpaired) electrons. The number of rotatable bonds is 6. The van der Waals surface area contributed by atoms with Crippen LogP contribution in [-0.2, 0) is 4.79 Å². The summed E-state index contributed by atoms with van der Waals surface area (Å²) in [5, 5.41) is 9.04. The number of nitrogens with zero attached hydrogens (tertiary/aromatic N) is 1. The zero-order valence-electron chi connectivity index (χ0n) is 11.8. The summed E-state index contributed by atoms with van der Waals surface area (Å²) in [6.45, 7) is 2.01. The lowest BCUT2D eigenvalue weighted by Crippen LogP contribution is -2.36. The highest BCUT2D eigenvalue weighted by Crippen LogP contribution is 2.30. The molecule has 2 rings (SSSR count). The zero-order valence-corrected chi connectivity index (χ0v) is 11.8. The Balaban J connectivity index is 2.17. The van der Waals surface area contributed by atoms with Crippen LogP contribution in [0.1, 0.15) is 30.9 Å². The van der Waals surface area contributed by atoms with Crippen molar-refractivity contribution >= 4 is 5.97 Å². The number of hydrogen-bond donors (Lipinski definition) is 2. The van der Waals surface area contributed by atoms with Gasteiger partial charge >= 0.3 is 5.97 Å². The van der Waals surface area contributed by atoms with E-state index >= 15 is 0 Å². The lowest BCUT2D eigenvalue weighted by atomic mass is 9.98. The fourth-order valence-electron chi connectivity index (χ4n) is 2.72. The van der Waals surface area contributed by atoms with Crippen molar-refractivity contribution in [2.75, 3.05) is 20.2 Å². The molecule has 0 spiro atoms. The minimum absolute atomic E-state index is 0.0644. The summed E-state index contributed by atoms with van der Waals surface area (Å²) in [5.41, 5.74) is 6.83. The van der Waals surface area contributed by atoms with Crippen LogP contribution < -0.4 is 10.5 Å². The van der Waals surface area contributed by atoms with Crippen LogP contribution in [-0.4, -0.2) is 42.2 Å². The smallest absolute Gasteiger partial charge is 0.320 e. The van der Waals surface area contributed by atoms with Crippen LogP contribution in [0.25, 0.3) is 0 Å². The predicted molar refractivity (Wildman–Crippen MR) is 76.8 cm³/mol. The predicted octanol–water partition coefficient (Wildman–Crippen LogP) is 1.63. The third-order valence-electron chi connectivity index (χ3n) is 3.88. The van der Waals surface area contributed by atoms with E-state index in [1.54, 1.807) is 7.11 Å². The van der Waals surface area contributed by atoms with E-state index in [1.807, 2.05) is 24.3 Å². The molecule has 0 aromatic heterocycles. The number of ether oxygens (including phenoxy) is 1. The van der Waals surface area contributed by atoms with Gasteiger partial charge in [0.1, 0.15) is 11.8 Å². The van der Waals surface area contributed by atoms with Gasteiger partial charge in [-0.05, 0) is 50.0 Å². The number of likely N-dealkylation sites (tertiary alicyclic amines) is 1. The molecular formula is C15H22N2O3. The van der Waals surface area contributed by atoms with Crippen molar-refractivity contribution in [3.8, 4) is 5.75 Å². The van der Waals surface area contributed by atoms with Crippen LogP contribution >= 0.6 is 0 Å². The van der Waals surface area contributed by atoms with Gasteiger partial charge in [0.05, 0.1) is 7.11 Å². The summed E-state index contributed by atoms with van der Waals surface area (Å²) in [6.07, 6.45) is 2.76. The molecule has 5 heteroatoms. The lowest BCUT2D eigenvalue weighted by molar-refractivity contribution is -0.139. The van der Waals surface area contributed by atoms with Gasteiger partial charge in [-0.25, -0.2) is 0 Å². The first-order valence-electron chi connectivity index (χ1n) is 6.98. The molecule has 0 saturated carbocycles. The highest BCUT2D eigenvalue weighted by atomic mass is 16.5. The van der Waals surface area contributed by atoms with E-state index in [0.717, 1.165) is 37.2 Å². The number of aliphatic carboxylic acids is 1. The highest BCUT2D eigenvalue weighted by Gasteiger charge is 2.27. The number of methoxy groups -OCH3 is 1. The van der Waals surface area contributed by atoms with E-state index in [4.69, 9.17) is 15.6 Å². The molecule has 0 amide bonds. The van der Waals surface area contributed by atoms with Gasteiger partial charge in [-0.3, -0.25) is 9.69 Å². The summed E-state index contributed by atoms with van der Waals surface area (Å²) >= 11 is 0. The van der Waals surface area contributed by atoms with Gasteiger partial charge in [-0.1, -0.05) is 12.1 Å². The second kappa shape index (κ2) is 6.72. The molecule has 1 aromatic carbocycles. The average Bonchev–Trinajstić information content (AvgIpc) is 2.98. The van der Waals surface area contributed by atoms with Crippen molar-refractivity contribution in [1.82, 2.24) is 4.90 Å². The molecule has 1 heterocycles. The molecule has 1 aromatic rings. The van der Waals surface area contributed by atoms with E-state index in [1.165, 1.54) is 0 Å². The second-order valence-corrected chi connectivity index (χ2v) is 5.21.